The maximum absolute atomic E-state index is 11.6. The van der Waals surface area contributed by atoms with Crippen molar-refractivity contribution < 1.29 is 85.1 Å². The summed E-state index contributed by atoms with van der Waals surface area (Å²) in [6.07, 6.45) is 0. The van der Waals surface area contributed by atoms with Crippen molar-refractivity contribution in [2.45, 2.75) is 9.79 Å². The standard InChI is InChI=1S/C20H14ClN7O6S3.2Na/c21-18-26-19(24-11-3-1-10(2-4-11)14-9-35-17(23)13(14)8-22)28-20(27-18)25-15-7-12(36(29,30)31)5-6-16(15)37(32,33)34;;/h1-7,9H,23H2,(H,29,30,31)(H,32,33,34)(H2,24,25,26,27,28);;/q;2*+1/p-2. The van der Waals surface area contributed by atoms with Crippen LogP contribution in [0.3, 0.4) is 0 Å². The van der Waals surface area contributed by atoms with Gasteiger partial charge in [-0.05, 0) is 47.5 Å². The number of rotatable bonds is 7. The molecule has 0 aliphatic carbocycles. The molecule has 0 amide bonds. The summed E-state index contributed by atoms with van der Waals surface area (Å²) in [6.45, 7) is 0. The van der Waals surface area contributed by atoms with E-state index in [1.54, 1.807) is 29.6 Å². The first-order valence-corrected chi connectivity index (χ1v) is 13.8. The van der Waals surface area contributed by atoms with Crippen LogP contribution in [0.15, 0.2) is 57.6 Å². The summed E-state index contributed by atoms with van der Waals surface area (Å²) < 4.78 is 68.9. The Hall–Kier alpha value is -1.85. The number of hydrogen-bond acceptors (Lipinski definition) is 14. The number of nitrogen functional groups attached to an aromatic ring is 1. The molecule has 190 valence electrons. The summed E-state index contributed by atoms with van der Waals surface area (Å²) >= 11 is 7.20. The van der Waals surface area contributed by atoms with Crippen molar-refractivity contribution >= 4 is 71.4 Å². The topological polar surface area (TPSA) is 227 Å². The zero-order chi connectivity index (χ0) is 27.0. The van der Waals surface area contributed by atoms with Crippen molar-refractivity contribution in [3.8, 4) is 17.2 Å². The van der Waals surface area contributed by atoms with Gasteiger partial charge in [0.2, 0.25) is 17.2 Å². The summed E-state index contributed by atoms with van der Waals surface area (Å²) in [5.74, 6) is -0.441. The Morgan fingerprint density at radius 1 is 0.923 bits per heavy atom. The van der Waals surface area contributed by atoms with Crippen LogP contribution in [0.1, 0.15) is 5.56 Å². The van der Waals surface area contributed by atoms with E-state index in [0.717, 1.165) is 5.56 Å². The van der Waals surface area contributed by atoms with E-state index < -0.39 is 35.7 Å². The second kappa shape index (κ2) is 13.2. The maximum atomic E-state index is 11.6. The zero-order valence-electron chi connectivity index (χ0n) is 20.0. The number of aromatic nitrogens is 3. The van der Waals surface area contributed by atoms with Crippen LogP contribution in [-0.2, 0) is 20.2 Å². The number of nitrogens with zero attached hydrogens (tertiary/aromatic N) is 4. The number of thiophene rings is 1. The Labute approximate surface area is 275 Å². The molecule has 2 aromatic heterocycles. The SMILES string of the molecule is N#Cc1c(-c2ccc(Nc3nc(Cl)nc(Nc4cc(S(=O)(=O)[O-])ccc4S(=O)(=O)[O-])n3)cc2)csc1N.[Na+].[Na+]. The first-order valence-electron chi connectivity index (χ1n) is 9.74. The minimum atomic E-state index is -5.07. The molecule has 0 aliphatic rings. The maximum Gasteiger partial charge on any atom is 1.00 e. The Morgan fingerprint density at radius 2 is 1.54 bits per heavy atom. The molecule has 0 spiro atoms. The third-order valence-corrected chi connectivity index (χ3v) is 7.45. The summed E-state index contributed by atoms with van der Waals surface area (Å²) in [7, 11) is -10.0. The minimum absolute atomic E-state index is 0. The van der Waals surface area contributed by atoms with Crippen molar-refractivity contribution in [2.24, 2.45) is 0 Å². The zero-order valence-corrected chi connectivity index (χ0v) is 27.2. The van der Waals surface area contributed by atoms with Gasteiger partial charge in [-0.2, -0.15) is 20.2 Å². The third-order valence-electron chi connectivity index (χ3n) is 4.75. The molecule has 0 saturated carbocycles. The molecule has 0 fully saturated rings. The van der Waals surface area contributed by atoms with Gasteiger partial charge in [-0.3, -0.25) is 0 Å². The molecule has 4 N–H and O–H groups in total. The van der Waals surface area contributed by atoms with Gasteiger partial charge in [0.25, 0.3) is 0 Å². The number of nitriles is 1. The normalized spacial score (nSPS) is 11.0. The van der Waals surface area contributed by atoms with Crippen LogP contribution in [0, 0.1) is 11.3 Å². The van der Waals surface area contributed by atoms with Crippen LogP contribution in [-0.4, -0.2) is 40.9 Å². The van der Waals surface area contributed by atoms with Crippen molar-refractivity contribution in [3.63, 3.8) is 0 Å². The third kappa shape index (κ3) is 8.10. The summed E-state index contributed by atoms with van der Waals surface area (Å²) in [6, 6.07) is 10.9. The van der Waals surface area contributed by atoms with E-state index in [4.69, 9.17) is 17.3 Å². The van der Waals surface area contributed by atoms with Gasteiger partial charge in [0, 0.05) is 16.6 Å². The molecule has 0 bridgehead atoms. The molecular weight excluding hydrogens is 612 g/mol. The molecule has 0 radical (unpaired) electrons. The van der Waals surface area contributed by atoms with Gasteiger partial charge in [0.1, 0.15) is 31.3 Å². The second-order valence-corrected chi connectivity index (χ2v) is 11.1. The van der Waals surface area contributed by atoms with Crippen molar-refractivity contribution in [1.29, 1.82) is 5.26 Å². The van der Waals surface area contributed by atoms with Gasteiger partial charge in [0.15, 0.2) is 0 Å². The molecule has 4 rings (SSSR count). The van der Waals surface area contributed by atoms with Crippen LogP contribution in [0.25, 0.3) is 11.1 Å². The van der Waals surface area contributed by atoms with Gasteiger partial charge in [-0.15, -0.1) is 11.3 Å². The van der Waals surface area contributed by atoms with Gasteiger partial charge in [0.05, 0.1) is 21.0 Å². The predicted octanol–water partition coefficient (Wildman–Crippen LogP) is -2.99. The van der Waals surface area contributed by atoms with Crippen LogP contribution in [0.5, 0.6) is 0 Å². The van der Waals surface area contributed by atoms with Gasteiger partial charge in [-0.1, -0.05) is 12.1 Å². The average Bonchev–Trinajstić information content (AvgIpc) is 3.18. The first-order chi connectivity index (χ1) is 17.3. The smallest absolute Gasteiger partial charge is 0.744 e. The molecule has 4 aromatic rings. The van der Waals surface area contributed by atoms with E-state index >= 15 is 0 Å². The molecule has 0 aliphatic heterocycles. The number of benzene rings is 2. The van der Waals surface area contributed by atoms with Crippen LogP contribution in [0.4, 0.5) is 28.3 Å². The Balaban J connectivity index is 0.00000267. The quantitative estimate of drug-likeness (QED) is 0.138. The molecule has 39 heavy (non-hydrogen) atoms. The van der Waals surface area contributed by atoms with Crippen LogP contribution < -0.4 is 75.5 Å². The van der Waals surface area contributed by atoms with E-state index in [0.29, 0.717) is 40.0 Å². The van der Waals surface area contributed by atoms with Crippen molar-refractivity contribution in [3.05, 3.63) is 58.7 Å². The van der Waals surface area contributed by atoms with E-state index in [2.05, 4.69) is 31.7 Å². The van der Waals surface area contributed by atoms with E-state index in [1.807, 2.05) is 0 Å². The molecule has 0 saturated heterocycles. The van der Waals surface area contributed by atoms with E-state index in [9.17, 15) is 31.2 Å². The molecule has 2 heterocycles. The average molecular weight is 624 g/mol. The fourth-order valence-corrected chi connectivity index (χ4v) is 5.17. The molecule has 0 unspecified atom stereocenters. The van der Waals surface area contributed by atoms with E-state index in [1.165, 1.54) is 11.3 Å². The summed E-state index contributed by atoms with van der Waals surface area (Å²) in [5.41, 5.74) is 7.56. The number of nitrogens with one attached hydrogen (secondary N) is 2. The summed E-state index contributed by atoms with van der Waals surface area (Å²) in [5, 5.41) is 16.4. The Morgan fingerprint density at radius 3 is 2.10 bits per heavy atom. The number of halogens is 1. The fourth-order valence-electron chi connectivity index (χ4n) is 3.13. The second-order valence-electron chi connectivity index (χ2n) is 7.15. The van der Waals surface area contributed by atoms with Crippen molar-refractivity contribution in [2.75, 3.05) is 16.4 Å². The van der Waals surface area contributed by atoms with Crippen molar-refractivity contribution in [1.82, 2.24) is 15.0 Å². The van der Waals surface area contributed by atoms with Gasteiger partial charge >= 0.3 is 59.1 Å². The van der Waals surface area contributed by atoms with Crippen LogP contribution >= 0.6 is 22.9 Å². The molecule has 13 nitrogen and oxygen atoms in total. The fraction of sp³-hybridized carbons (Fsp3) is 0. The number of anilines is 5. The molecular formula is C20H12ClN7Na2O6S3. The summed E-state index contributed by atoms with van der Waals surface area (Å²) in [4.78, 5) is 10.1. The minimum Gasteiger partial charge on any atom is -0.744 e. The largest absolute Gasteiger partial charge is 1.00 e. The Bertz CT molecular complexity index is 1780. The number of nitrogens with two attached hydrogens (primary N) is 1. The predicted molar refractivity (Wildman–Crippen MR) is 133 cm³/mol. The molecule has 2 aromatic carbocycles. The molecule has 0 atom stereocenters. The first kappa shape index (κ1) is 33.4. The van der Waals surface area contributed by atoms with Crippen LogP contribution in [0.2, 0.25) is 5.28 Å². The van der Waals surface area contributed by atoms with Gasteiger partial charge < -0.3 is 25.5 Å². The van der Waals surface area contributed by atoms with Gasteiger partial charge in [-0.25, -0.2) is 16.8 Å². The molecule has 19 heteroatoms. The number of hydrogen-bond donors (Lipinski definition) is 3. The van der Waals surface area contributed by atoms with E-state index in [-0.39, 0.29) is 76.3 Å². The monoisotopic (exact) mass is 623 g/mol. The Kier molecular flexibility index (Phi) is 11.3.